The molecular weight excluding hydrogens is 192 g/mol. The topological polar surface area (TPSA) is 86.0 Å². The summed E-state index contributed by atoms with van der Waals surface area (Å²) in [5.41, 5.74) is 11.8. The molecule has 15 heavy (non-hydrogen) atoms. The molecule has 4 N–H and O–H groups in total. The molecule has 0 bridgehead atoms. The molecule has 80 valence electrons. The molecule has 5 heteroatoms. The van der Waals surface area contributed by atoms with Gasteiger partial charge in [0.2, 0.25) is 0 Å². The molecule has 0 saturated heterocycles. The Bertz CT molecular complexity index is 377. The van der Waals surface area contributed by atoms with E-state index in [1.807, 2.05) is 0 Å². The third-order valence-corrected chi connectivity index (χ3v) is 1.70. The first-order valence-corrected chi connectivity index (χ1v) is 4.41. The van der Waals surface area contributed by atoms with Crippen molar-refractivity contribution in [2.24, 2.45) is 21.7 Å². The zero-order valence-electron chi connectivity index (χ0n) is 8.77. The molecule has 0 aliphatic rings. The summed E-state index contributed by atoms with van der Waals surface area (Å²) in [5, 5.41) is 7.44. The van der Waals surface area contributed by atoms with Crippen molar-refractivity contribution >= 4 is 11.7 Å². The quantitative estimate of drug-likeness (QED) is 0.433. The smallest absolute Gasteiger partial charge is 0.153 e. The van der Waals surface area contributed by atoms with Crippen LogP contribution in [0.1, 0.15) is 12.5 Å². The van der Waals surface area contributed by atoms with E-state index in [9.17, 15) is 0 Å². The van der Waals surface area contributed by atoms with Crippen molar-refractivity contribution in [1.29, 1.82) is 0 Å². The Morgan fingerprint density at radius 3 is 2.20 bits per heavy atom. The lowest BCUT2D eigenvalue weighted by molar-refractivity contribution is 0.415. The summed E-state index contributed by atoms with van der Waals surface area (Å²) in [6.07, 6.45) is 0. The van der Waals surface area contributed by atoms with Crippen LogP contribution < -0.4 is 16.2 Å². The maximum absolute atomic E-state index is 5.68. The monoisotopic (exact) mass is 206 g/mol. The van der Waals surface area contributed by atoms with Crippen molar-refractivity contribution in [2.75, 3.05) is 7.11 Å². The summed E-state index contributed by atoms with van der Waals surface area (Å²) in [4.78, 5) is 0. The van der Waals surface area contributed by atoms with Gasteiger partial charge in [-0.05, 0) is 31.2 Å². The Morgan fingerprint density at radius 2 is 1.73 bits per heavy atom. The number of hydrogen-bond acceptors (Lipinski definition) is 3. The van der Waals surface area contributed by atoms with Gasteiger partial charge in [0, 0.05) is 5.56 Å². The highest BCUT2D eigenvalue weighted by Gasteiger charge is 1.98. The van der Waals surface area contributed by atoms with Crippen LogP contribution in [0, 0.1) is 0 Å². The molecule has 0 aliphatic carbocycles. The zero-order valence-corrected chi connectivity index (χ0v) is 8.77. The second kappa shape index (κ2) is 4.99. The molecular formula is C10H14N4O. The first kappa shape index (κ1) is 11.0. The van der Waals surface area contributed by atoms with Crippen LogP contribution >= 0.6 is 0 Å². The minimum atomic E-state index is 0.322. The van der Waals surface area contributed by atoms with Crippen molar-refractivity contribution in [1.82, 2.24) is 0 Å². The van der Waals surface area contributed by atoms with E-state index >= 15 is 0 Å². The molecule has 0 saturated carbocycles. The Balaban J connectivity index is 2.87. The van der Waals surface area contributed by atoms with Gasteiger partial charge < -0.3 is 16.2 Å². The number of hydrogen-bond donors (Lipinski definition) is 2. The van der Waals surface area contributed by atoms with E-state index in [4.69, 9.17) is 16.2 Å². The lowest BCUT2D eigenvalue weighted by atomic mass is 10.2. The van der Waals surface area contributed by atoms with Crippen LogP contribution in [0.15, 0.2) is 34.5 Å². The van der Waals surface area contributed by atoms with Crippen LogP contribution in [0.25, 0.3) is 0 Å². The first-order chi connectivity index (χ1) is 7.13. The fourth-order valence-electron chi connectivity index (χ4n) is 0.952. The lowest BCUT2D eigenvalue weighted by Crippen LogP contribution is -2.13. The second-order valence-electron chi connectivity index (χ2n) is 2.96. The van der Waals surface area contributed by atoms with Gasteiger partial charge in [-0.1, -0.05) is 0 Å². The van der Waals surface area contributed by atoms with E-state index in [1.165, 1.54) is 0 Å². The van der Waals surface area contributed by atoms with Gasteiger partial charge in [-0.2, -0.15) is 0 Å². The van der Waals surface area contributed by atoms with Crippen LogP contribution in [-0.2, 0) is 0 Å². The van der Waals surface area contributed by atoms with Gasteiger partial charge in [-0.25, -0.2) is 0 Å². The molecule has 1 rings (SSSR count). The van der Waals surface area contributed by atoms with Crippen LogP contribution in [0.4, 0.5) is 0 Å². The summed E-state index contributed by atoms with van der Waals surface area (Å²) < 4.78 is 5.02. The molecule has 0 unspecified atom stereocenters. The van der Waals surface area contributed by atoms with Crippen LogP contribution in [0.2, 0.25) is 0 Å². The number of benzene rings is 1. The highest BCUT2D eigenvalue weighted by molar-refractivity contribution is 5.97. The van der Waals surface area contributed by atoms with Crippen molar-refractivity contribution in [3.63, 3.8) is 0 Å². The Hall–Kier alpha value is -2.04. The third-order valence-electron chi connectivity index (χ3n) is 1.70. The van der Waals surface area contributed by atoms with Gasteiger partial charge in [-0.3, -0.25) is 0 Å². The predicted octanol–water partition coefficient (Wildman–Crippen LogP) is 0.693. The van der Waals surface area contributed by atoms with Crippen LogP contribution in [0.3, 0.4) is 0 Å². The molecule has 1 aromatic carbocycles. The van der Waals surface area contributed by atoms with E-state index in [0.29, 0.717) is 11.7 Å². The van der Waals surface area contributed by atoms with E-state index in [0.717, 1.165) is 11.3 Å². The molecule has 0 aromatic heterocycles. The lowest BCUT2D eigenvalue weighted by Gasteiger charge is -2.01. The van der Waals surface area contributed by atoms with Gasteiger partial charge in [0.05, 0.1) is 7.11 Å². The normalized spacial score (nSPS) is 12.7. The molecule has 0 atom stereocenters. The maximum Gasteiger partial charge on any atom is 0.153 e. The average Bonchev–Trinajstić information content (AvgIpc) is 2.26. The molecule has 0 amide bonds. The molecule has 0 radical (unpaired) electrons. The number of amidine groups is 2. The summed E-state index contributed by atoms with van der Waals surface area (Å²) in [7, 11) is 1.61. The van der Waals surface area contributed by atoms with Gasteiger partial charge >= 0.3 is 0 Å². The zero-order chi connectivity index (χ0) is 11.3. The van der Waals surface area contributed by atoms with Gasteiger partial charge in [0.15, 0.2) is 5.84 Å². The summed E-state index contributed by atoms with van der Waals surface area (Å²) in [6, 6.07) is 7.21. The van der Waals surface area contributed by atoms with Crippen LogP contribution in [-0.4, -0.2) is 18.8 Å². The van der Waals surface area contributed by atoms with Crippen molar-refractivity contribution < 1.29 is 4.74 Å². The first-order valence-electron chi connectivity index (χ1n) is 4.41. The Labute approximate surface area is 88.4 Å². The second-order valence-corrected chi connectivity index (χ2v) is 2.96. The fourth-order valence-corrected chi connectivity index (χ4v) is 0.952. The molecule has 1 aromatic rings. The van der Waals surface area contributed by atoms with Crippen molar-refractivity contribution in [3.8, 4) is 5.75 Å². The average molecular weight is 206 g/mol. The van der Waals surface area contributed by atoms with Crippen molar-refractivity contribution in [3.05, 3.63) is 29.8 Å². The minimum Gasteiger partial charge on any atom is -0.497 e. The summed E-state index contributed by atoms with van der Waals surface area (Å²) in [6.45, 7) is 1.64. The van der Waals surface area contributed by atoms with Gasteiger partial charge in [0.1, 0.15) is 11.6 Å². The van der Waals surface area contributed by atoms with Gasteiger partial charge in [-0.15, -0.1) is 10.2 Å². The summed E-state index contributed by atoms with van der Waals surface area (Å²) in [5.74, 6) is 1.46. The highest BCUT2D eigenvalue weighted by atomic mass is 16.5. The molecule has 0 fully saturated rings. The summed E-state index contributed by atoms with van der Waals surface area (Å²) >= 11 is 0. The fraction of sp³-hybridized carbons (Fsp3) is 0.200. The number of methoxy groups -OCH3 is 1. The minimum absolute atomic E-state index is 0.322. The van der Waals surface area contributed by atoms with E-state index in [2.05, 4.69) is 10.2 Å². The van der Waals surface area contributed by atoms with E-state index < -0.39 is 0 Å². The maximum atomic E-state index is 5.68. The number of rotatable bonds is 3. The molecule has 5 nitrogen and oxygen atoms in total. The number of nitrogens with zero attached hydrogens (tertiary/aromatic N) is 2. The van der Waals surface area contributed by atoms with Crippen molar-refractivity contribution in [2.45, 2.75) is 6.92 Å². The molecule has 0 heterocycles. The number of ether oxygens (including phenoxy) is 1. The van der Waals surface area contributed by atoms with Gasteiger partial charge in [0.25, 0.3) is 0 Å². The predicted molar refractivity (Wildman–Crippen MR) is 61.0 cm³/mol. The molecule has 0 aliphatic heterocycles. The third kappa shape index (κ3) is 3.30. The highest BCUT2D eigenvalue weighted by Crippen LogP contribution is 2.10. The largest absolute Gasteiger partial charge is 0.497 e. The van der Waals surface area contributed by atoms with E-state index in [-0.39, 0.29) is 0 Å². The van der Waals surface area contributed by atoms with E-state index in [1.54, 1.807) is 38.3 Å². The Morgan fingerprint density at radius 1 is 1.13 bits per heavy atom. The SMILES string of the molecule is COc1ccc(/C(N)=N/N=C(/C)N)cc1. The Kier molecular flexibility index (Phi) is 3.68. The molecule has 0 spiro atoms. The standard InChI is InChI=1S/C10H14N4O/c1-7(11)13-14-10(12)8-3-5-9(15-2)6-4-8/h3-6H,1-2H3,(H2,11,13)(H2,12,14). The van der Waals surface area contributed by atoms with Crippen LogP contribution in [0.5, 0.6) is 5.75 Å². The number of nitrogens with two attached hydrogens (primary N) is 2.